The molecule has 10 aromatic carbocycles. The van der Waals surface area contributed by atoms with Crippen molar-refractivity contribution in [1.82, 2.24) is 0 Å². The van der Waals surface area contributed by atoms with E-state index in [0.717, 1.165) is 0 Å². The Kier molecular flexibility index (Phi) is 12.2. The minimum absolute atomic E-state index is 1.30. The van der Waals surface area contributed by atoms with Crippen molar-refractivity contribution < 1.29 is 16.0 Å². The Bertz CT molecular complexity index is 2750. The molecule has 0 radical (unpaired) electrons. The molecule has 272 valence electrons. The summed E-state index contributed by atoms with van der Waals surface area (Å²) < 4.78 is 2.81. The van der Waals surface area contributed by atoms with E-state index in [9.17, 15) is 0 Å². The maximum absolute atomic E-state index is 6.37. The van der Waals surface area contributed by atoms with E-state index in [0.29, 0.717) is 0 Å². The van der Waals surface area contributed by atoms with Crippen LogP contribution in [0.25, 0.3) is 65.3 Å². The van der Waals surface area contributed by atoms with E-state index >= 15 is 0 Å². The summed E-state index contributed by atoms with van der Waals surface area (Å²) in [5.41, 5.74) is 7.94. The molecule has 0 saturated carbocycles. The van der Waals surface area contributed by atoms with Crippen LogP contribution in [0.15, 0.2) is 206 Å². The van der Waals surface area contributed by atoms with Crippen LogP contribution in [0.5, 0.6) is 0 Å². The molecule has 0 aromatic heterocycles. The van der Waals surface area contributed by atoms with E-state index in [1.807, 2.05) is 12.1 Å². The van der Waals surface area contributed by atoms with Crippen molar-refractivity contribution in [3.05, 3.63) is 217 Å². The zero-order chi connectivity index (χ0) is 38.4. The third kappa shape index (κ3) is 8.43. The Labute approximate surface area is 345 Å². The molecule has 0 aliphatic carbocycles. The Morgan fingerprint density at radius 2 is 0.714 bits per heavy atom. The van der Waals surface area contributed by atoms with Crippen LogP contribution >= 0.6 is 17.2 Å². The van der Waals surface area contributed by atoms with Gasteiger partial charge in [-0.3, -0.25) is 0 Å². The Hall–Kier alpha value is -4.51. The van der Waals surface area contributed by atoms with Gasteiger partial charge in [0.05, 0.1) is 0 Å². The number of benzene rings is 8. The van der Waals surface area contributed by atoms with Crippen molar-refractivity contribution in [3.8, 4) is 22.3 Å². The number of aryl methyl sites for hydroxylation is 2. The first kappa shape index (κ1) is 38.4. The predicted molar refractivity (Wildman–Crippen MR) is 244 cm³/mol. The molecule has 56 heavy (non-hydrogen) atoms. The van der Waals surface area contributed by atoms with Gasteiger partial charge in [-0.2, -0.15) is 12.1 Å². The number of fused-ring (bicyclic) bond motifs is 4. The molecule has 0 heterocycles. The second kappa shape index (κ2) is 17.7. The molecule has 0 aliphatic heterocycles. The SMILES string of the molecule is Cc1cc2c(-c3cccc4ccccc34)cccc2[cH-]1.Cc1cc2c(-c3cccc4ccccc34)cccc2[cH-]1.[Cl][Hf]([Cl])=[Ge]([c]1ccccc1)[c]1ccccc1. The van der Waals surface area contributed by atoms with Crippen molar-refractivity contribution in [2.24, 2.45) is 0 Å². The molecule has 4 heteroatoms. The van der Waals surface area contributed by atoms with E-state index in [-0.39, 0.29) is 0 Å². The van der Waals surface area contributed by atoms with Gasteiger partial charge in [-0.25, -0.2) is 0 Å². The summed E-state index contributed by atoms with van der Waals surface area (Å²) in [7, 11) is 11.1. The summed E-state index contributed by atoms with van der Waals surface area (Å²) in [6.45, 7) is 4.32. The molecule has 0 bridgehead atoms. The fraction of sp³-hybridized carbons (Fsp3) is 0.0385. The average Bonchev–Trinajstić information content (AvgIpc) is 3.82. The quantitative estimate of drug-likeness (QED) is 0.122. The molecule has 10 rings (SSSR count). The van der Waals surface area contributed by atoms with Gasteiger partial charge in [0.15, 0.2) is 0 Å². The summed E-state index contributed by atoms with van der Waals surface area (Å²) in [6.07, 6.45) is 0. The van der Waals surface area contributed by atoms with Crippen molar-refractivity contribution in [2.45, 2.75) is 13.8 Å². The van der Waals surface area contributed by atoms with Crippen molar-refractivity contribution in [3.63, 3.8) is 0 Å². The van der Waals surface area contributed by atoms with E-state index in [4.69, 9.17) is 17.2 Å². The van der Waals surface area contributed by atoms with Crippen LogP contribution < -0.4 is 8.79 Å². The number of hydrogen-bond acceptors (Lipinski definition) is 0. The number of hydrogen-bond donors (Lipinski definition) is 0. The fourth-order valence-electron chi connectivity index (χ4n) is 7.75. The van der Waals surface area contributed by atoms with Gasteiger partial charge in [0, 0.05) is 0 Å². The molecule has 0 atom stereocenters. The van der Waals surface area contributed by atoms with E-state index < -0.39 is 26.0 Å². The maximum atomic E-state index is 6.37. The Morgan fingerprint density at radius 1 is 0.375 bits per heavy atom. The monoisotopic (exact) mass is 988 g/mol. The molecule has 10 aromatic rings. The van der Waals surface area contributed by atoms with Gasteiger partial charge >= 0.3 is 113 Å². The van der Waals surface area contributed by atoms with Gasteiger partial charge in [0.2, 0.25) is 0 Å². The first-order valence-corrected chi connectivity index (χ1v) is 40.3. The van der Waals surface area contributed by atoms with Crippen LogP contribution in [0.1, 0.15) is 11.1 Å². The normalized spacial score (nSPS) is 10.9. The van der Waals surface area contributed by atoms with Crippen LogP contribution in [0.3, 0.4) is 0 Å². The Morgan fingerprint density at radius 3 is 1.12 bits per heavy atom. The summed E-state index contributed by atoms with van der Waals surface area (Å²) >= 11 is -2.35. The Balaban J connectivity index is 0.000000119. The van der Waals surface area contributed by atoms with Gasteiger partial charge in [-0.05, 0) is 32.7 Å². The topological polar surface area (TPSA) is 0 Å². The second-order valence-corrected chi connectivity index (χ2v) is 56.5. The van der Waals surface area contributed by atoms with Crippen LogP contribution in [0.2, 0.25) is 0 Å². The first-order chi connectivity index (χ1) is 27.4. The van der Waals surface area contributed by atoms with Crippen molar-refractivity contribution in [2.75, 3.05) is 0 Å². The van der Waals surface area contributed by atoms with Gasteiger partial charge in [-0.15, -0.1) is 69.1 Å². The summed E-state index contributed by atoms with van der Waals surface area (Å²) in [5, 5.41) is 10.6. The summed E-state index contributed by atoms with van der Waals surface area (Å²) in [6, 6.07) is 73.6. The zero-order valence-corrected chi connectivity index (χ0v) is 38.6. The zero-order valence-electron chi connectivity index (χ0n) is 31.4. The molecular weight excluding hydrogens is 947 g/mol. The van der Waals surface area contributed by atoms with Crippen LogP contribution in [0, 0.1) is 13.8 Å². The van der Waals surface area contributed by atoms with Crippen LogP contribution in [0.4, 0.5) is 0 Å². The standard InChI is InChI=1S/2C20H15.C12H10Ge.2ClH.Hf/c2*1-14-12-16-8-5-11-19(20(16)13-14)18-10-4-7-15-6-2-3-9-17(15)18;1-3-7-11(8-4-1)13-12-9-5-2-6-10-12;;;/h2*2-13H,1H3;1-10H;2*1H;/q2*-1;;;;+2/p-2. The molecule has 0 nitrogen and oxygen atoms in total. The summed E-state index contributed by atoms with van der Waals surface area (Å²) in [4.78, 5) is 0. The first-order valence-electron chi connectivity index (χ1n) is 18.9. The molecule has 0 unspecified atom stereocenters. The molecular formula is C52H40Cl2GeHf-2. The molecule has 0 fully saturated rings. The predicted octanol–water partition coefficient (Wildman–Crippen LogP) is 14.1. The molecule has 0 spiro atoms. The van der Waals surface area contributed by atoms with Gasteiger partial charge in [-0.1, -0.05) is 122 Å². The molecule has 0 amide bonds. The van der Waals surface area contributed by atoms with Gasteiger partial charge < -0.3 is 0 Å². The van der Waals surface area contributed by atoms with E-state index in [1.165, 1.54) is 85.3 Å². The van der Waals surface area contributed by atoms with Crippen molar-refractivity contribution in [1.29, 1.82) is 0 Å². The third-order valence-electron chi connectivity index (χ3n) is 10.3. The summed E-state index contributed by atoms with van der Waals surface area (Å²) in [5.74, 6) is 0. The number of halogens is 2. The minimum atomic E-state index is -2.35. The second-order valence-electron chi connectivity index (χ2n) is 14.1. The van der Waals surface area contributed by atoms with E-state index in [1.54, 1.807) is 0 Å². The average molecular weight is 987 g/mol. The van der Waals surface area contributed by atoms with Gasteiger partial charge in [0.25, 0.3) is 0 Å². The third-order valence-corrected chi connectivity index (χ3v) is 48.8. The van der Waals surface area contributed by atoms with Crippen LogP contribution in [-0.4, -0.2) is 10.1 Å². The fourth-order valence-corrected chi connectivity index (χ4v) is 44.5. The molecule has 0 N–H and O–H groups in total. The molecule has 0 aliphatic rings. The van der Waals surface area contributed by atoms with Crippen LogP contribution in [-0.2, 0) is 16.0 Å². The van der Waals surface area contributed by atoms with E-state index in [2.05, 4.69) is 208 Å². The van der Waals surface area contributed by atoms with Gasteiger partial charge in [0.1, 0.15) is 0 Å². The number of rotatable bonds is 4. The molecule has 0 saturated heterocycles. The van der Waals surface area contributed by atoms with Crippen molar-refractivity contribution >= 4 is 79.1 Å².